The Morgan fingerprint density at radius 1 is 0.590 bits per heavy atom. The zero-order valence-electron chi connectivity index (χ0n) is 25.1. The summed E-state index contributed by atoms with van der Waals surface area (Å²) in [6.45, 7) is 15.9. The first kappa shape index (κ1) is 34.2. The van der Waals surface area contributed by atoms with Crippen molar-refractivity contribution < 1.29 is 38.5 Å². The van der Waals surface area contributed by atoms with Gasteiger partial charge < -0.3 is 44.7 Å². The third-order valence-corrected chi connectivity index (χ3v) is 5.34. The molecule has 1 aliphatic heterocycles. The number of aliphatic hydroxyl groups is 1. The van der Waals surface area contributed by atoms with Crippen molar-refractivity contribution in [2.45, 2.75) is 85.2 Å². The highest BCUT2D eigenvalue weighted by Crippen LogP contribution is 2.15. The lowest BCUT2D eigenvalue weighted by atomic mass is 10.2. The summed E-state index contributed by atoms with van der Waals surface area (Å²) in [4.78, 5) is 57.7. The summed E-state index contributed by atoms with van der Waals surface area (Å²) in [5, 5.41) is 9.45. The summed E-state index contributed by atoms with van der Waals surface area (Å²) >= 11 is 0. The number of nitrogens with two attached hydrogens (primary N) is 1. The molecule has 0 bridgehead atoms. The van der Waals surface area contributed by atoms with E-state index in [9.17, 15) is 24.3 Å². The molecule has 0 aromatic rings. The fourth-order valence-electron chi connectivity index (χ4n) is 3.47. The third-order valence-electron chi connectivity index (χ3n) is 5.34. The summed E-state index contributed by atoms with van der Waals surface area (Å²) in [7, 11) is 0. The second-order valence-corrected chi connectivity index (χ2v) is 12.5. The quantitative estimate of drug-likeness (QED) is 0.482. The van der Waals surface area contributed by atoms with Crippen molar-refractivity contribution in [1.29, 1.82) is 0 Å². The summed E-state index contributed by atoms with van der Waals surface area (Å²) < 4.78 is 16.7. The molecule has 3 N–H and O–H groups in total. The Morgan fingerprint density at radius 3 is 1.03 bits per heavy atom. The second-order valence-electron chi connectivity index (χ2n) is 12.5. The smallest absolute Gasteiger partial charge is 0.410 e. The maximum Gasteiger partial charge on any atom is 0.410 e. The van der Waals surface area contributed by atoms with E-state index in [1.165, 1.54) is 19.6 Å². The fourth-order valence-corrected chi connectivity index (χ4v) is 3.47. The van der Waals surface area contributed by atoms with Crippen LogP contribution >= 0.6 is 0 Å². The van der Waals surface area contributed by atoms with Gasteiger partial charge in [-0.05, 0) is 62.3 Å². The molecule has 1 atom stereocenters. The van der Waals surface area contributed by atoms with Crippen LogP contribution in [-0.4, -0.2) is 131 Å². The predicted octanol–water partition coefficient (Wildman–Crippen LogP) is 1.86. The van der Waals surface area contributed by atoms with Crippen LogP contribution < -0.4 is 5.73 Å². The molecular formula is C26H49N5O8. The van der Waals surface area contributed by atoms with Gasteiger partial charge in [0.1, 0.15) is 22.8 Å². The Bertz CT molecular complexity index is 803. The molecule has 39 heavy (non-hydrogen) atoms. The summed E-state index contributed by atoms with van der Waals surface area (Å²) in [6, 6.07) is -1.15. The van der Waals surface area contributed by atoms with Gasteiger partial charge in [0, 0.05) is 52.4 Å². The van der Waals surface area contributed by atoms with Crippen LogP contribution in [-0.2, 0) is 19.0 Å². The number of amides is 4. The normalized spacial score (nSPS) is 17.5. The first-order valence-electron chi connectivity index (χ1n) is 13.3. The molecule has 13 heteroatoms. The van der Waals surface area contributed by atoms with E-state index in [0.717, 1.165) is 0 Å². The SMILES string of the molecule is CC(C)(C)OC(=O)N1CCN(C(=O)OC(C)(C)C)CCN(C(=O)C(N)CO)CCN(C(=O)OC(C)(C)C)CC1. The third kappa shape index (κ3) is 13.2. The monoisotopic (exact) mass is 559 g/mol. The van der Waals surface area contributed by atoms with Gasteiger partial charge in [0.05, 0.1) is 6.61 Å². The lowest BCUT2D eigenvalue weighted by Gasteiger charge is -2.36. The van der Waals surface area contributed by atoms with Gasteiger partial charge in [-0.2, -0.15) is 0 Å². The van der Waals surface area contributed by atoms with Crippen LogP contribution in [0.4, 0.5) is 14.4 Å². The van der Waals surface area contributed by atoms with Crippen LogP contribution in [0, 0.1) is 0 Å². The van der Waals surface area contributed by atoms with Crippen LogP contribution in [0.25, 0.3) is 0 Å². The van der Waals surface area contributed by atoms with Crippen molar-refractivity contribution in [3.8, 4) is 0 Å². The first-order valence-corrected chi connectivity index (χ1v) is 13.3. The van der Waals surface area contributed by atoms with Gasteiger partial charge >= 0.3 is 18.3 Å². The van der Waals surface area contributed by atoms with E-state index >= 15 is 0 Å². The van der Waals surface area contributed by atoms with Crippen LogP contribution in [0.2, 0.25) is 0 Å². The van der Waals surface area contributed by atoms with Gasteiger partial charge in [0.15, 0.2) is 0 Å². The number of ether oxygens (including phenoxy) is 3. The van der Waals surface area contributed by atoms with Crippen LogP contribution in [0.1, 0.15) is 62.3 Å². The highest BCUT2D eigenvalue weighted by atomic mass is 16.6. The molecule has 0 saturated carbocycles. The van der Waals surface area contributed by atoms with Crippen LogP contribution in [0.5, 0.6) is 0 Å². The maximum absolute atomic E-state index is 13.0. The predicted molar refractivity (Wildman–Crippen MR) is 145 cm³/mol. The van der Waals surface area contributed by atoms with Gasteiger partial charge in [0.2, 0.25) is 5.91 Å². The van der Waals surface area contributed by atoms with E-state index in [0.29, 0.717) is 0 Å². The Kier molecular flexibility index (Phi) is 12.3. The van der Waals surface area contributed by atoms with Gasteiger partial charge in [-0.15, -0.1) is 0 Å². The Morgan fingerprint density at radius 2 is 0.821 bits per heavy atom. The molecular weight excluding hydrogens is 510 g/mol. The second kappa shape index (κ2) is 14.0. The zero-order chi connectivity index (χ0) is 30.2. The number of aliphatic hydroxyl groups excluding tert-OH is 1. The number of carbonyl (C=O) groups excluding carboxylic acids is 4. The van der Waals surface area contributed by atoms with Gasteiger partial charge in [-0.3, -0.25) is 4.79 Å². The molecule has 1 rings (SSSR count). The molecule has 1 heterocycles. The standard InChI is InChI=1S/C26H49N5O8/c1-24(2,3)37-21(34)29-12-10-28(20(33)19(27)18-32)11-13-30(22(35)38-25(4,5)6)15-17-31(16-14-29)23(36)39-26(7,8)9/h19,32H,10-18,27H2,1-9H3. The molecule has 0 aromatic heterocycles. The summed E-state index contributed by atoms with van der Waals surface area (Å²) in [5.74, 6) is -0.516. The Hall–Kier alpha value is -2.80. The molecule has 0 aromatic carbocycles. The molecule has 1 aliphatic rings. The molecule has 13 nitrogen and oxygen atoms in total. The van der Waals surface area contributed by atoms with Crippen molar-refractivity contribution in [2.24, 2.45) is 5.73 Å². The van der Waals surface area contributed by atoms with Gasteiger partial charge in [-0.1, -0.05) is 0 Å². The number of carbonyl (C=O) groups is 4. The lowest BCUT2D eigenvalue weighted by molar-refractivity contribution is -0.134. The fraction of sp³-hybridized carbons (Fsp3) is 0.846. The number of rotatable bonds is 2. The average Bonchev–Trinajstić information content (AvgIpc) is 2.74. The van der Waals surface area contributed by atoms with Crippen molar-refractivity contribution in [2.75, 3.05) is 59.0 Å². The lowest BCUT2D eigenvalue weighted by Crippen LogP contribution is -2.54. The van der Waals surface area contributed by atoms with E-state index in [2.05, 4.69) is 0 Å². The van der Waals surface area contributed by atoms with E-state index < -0.39 is 53.6 Å². The van der Waals surface area contributed by atoms with Crippen molar-refractivity contribution in [1.82, 2.24) is 19.6 Å². The van der Waals surface area contributed by atoms with Crippen molar-refractivity contribution in [3.63, 3.8) is 0 Å². The van der Waals surface area contributed by atoms with Crippen LogP contribution in [0.3, 0.4) is 0 Å². The number of nitrogens with zero attached hydrogens (tertiary/aromatic N) is 4. The van der Waals surface area contributed by atoms with Crippen molar-refractivity contribution in [3.05, 3.63) is 0 Å². The minimum Gasteiger partial charge on any atom is -0.444 e. The van der Waals surface area contributed by atoms with Gasteiger partial charge in [-0.25, -0.2) is 14.4 Å². The molecule has 0 radical (unpaired) electrons. The molecule has 226 valence electrons. The molecule has 0 spiro atoms. The zero-order valence-corrected chi connectivity index (χ0v) is 25.1. The highest BCUT2D eigenvalue weighted by Gasteiger charge is 2.31. The maximum atomic E-state index is 13.0. The number of hydrogen-bond acceptors (Lipinski definition) is 9. The van der Waals surface area contributed by atoms with Crippen LogP contribution in [0.15, 0.2) is 0 Å². The molecule has 1 saturated heterocycles. The molecule has 1 unspecified atom stereocenters. The minimum atomic E-state index is -1.15. The van der Waals surface area contributed by atoms with Crippen molar-refractivity contribution >= 4 is 24.2 Å². The summed E-state index contributed by atoms with van der Waals surface area (Å²) in [5.41, 5.74) is 3.55. The van der Waals surface area contributed by atoms with E-state index in [1.54, 1.807) is 62.3 Å². The first-order chi connectivity index (χ1) is 17.7. The largest absolute Gasteiger partial charge is 0.444 e. The summed E-state index contributed by atoms with van der Waals surface area (Å²) in [6.07, 6.45) is -1.78. The Balaban J connectivity index is 3.34. The van der Waals surface area contributed by atoms with Gasteiger partial charge in [0.25, 0.3) is 0 Å². The highest BCUT2D eigenvalue weighted by molar-refractivity contribution is 5.82. The molecule has 0 aliphatic carbocycles. The Labute approximate surface area is 232 Å². The molecule has 4 amide bonds. The van der Waals surface area contributed by atoms with E-state index in [4.69, 9.17) is 19.9 Å². The molecule has 1 fully saturated rings. The minimum absolute atomic E-state index is 0.0698. The van der Waals surface area contributed by atoms with E-state index in [-0.39, 0.29) is 52.4 Å². The number of hydrogen-bond donors (Lipinski definition) is 2. The topological polar surface area (TPSA) is 155 Å². The van der Waals surface area contributed by atoms with E-state index in [1.807, 2.05) is 0 Å². The average molecular weight is 560 g/mol.